The zero-order valence-corrected chi connectivity index (χ0v) is 13.2. The molecule has 0 radical (unpaired) electrons. The zero-order valence-electron chi connectivity index (χ0n) is 11.6. The average Bonchev–Trinajstić information content (AvgIpc) is 2.39. The SMILES string of the molecule is CN1CCN(C)C(C(Cc2cccc(Br)c2)NN)C1. The molecule has 3 N–H and O–H groups in total. The van der Waals surface area contributed by atoms with Crippen LogP contribution in [0.25, 0.3) is 0 Å². The largest absolute Gasteiger partial charge is 0.303 e. The summed E-state index contributed by atoms with van der Waals surface area (Å²) in [4.78, 5) is 4.78. The van der Waals surface area contributed by atoms with Gasteiger partial charge < -0.3 is 4.90 Å². The van der Waals surface area contributed by atoms with Gasteiger partial charge in [0, 0.05) is 36.2 Å². The lowest BCUT2D eigenvalue weighted by molar-refractivity contribution is 0.0877. The summed E-state index contributed by atoms with van der Waals surface area (Å²) in [6.45, 7) is 3.28. The first-order chi connectivity index (χ1) is 9.10. The predicted octanol–water partition coefficient (Wildman–Crippen LogP) is 1.07. The van der Waals surface area contributed by atoms with E-state index >= 15 is 0 Å². The van der Waals surface area contributed by atoms with Crippen LogP contribution in [0.1, 0.15) is 5.56 Å². The van der Waals surface area contributed by atoms with Gasteiger partial charge in [-0.05, 0) is 38.2 Å². The highest BCUT2D eigenvalue weighted by molar-refractivity contribution is 9.10. The summed E-state index contributed by atoms with van der Waals surface area (Å²) in [5.41, 5.74) is 4.31. The van der Waals surface area contributed by atoms with Crippen molar-refractivity contribution in [3.05, 3.63) is 34.3 Å². The van der Waals surface area contributed by atoms with E-state index in [1.54, 1.807) is 0 Å². The number of nitrogens with zero attached hydrogens (tertiary/aromatic N) is 2. The molecule has 1 aromatic rings. The monoisotopic (exact) mass is 326 g/mol. The highest BCUT2D eigenvalue weighted by Gasteiger charge is 2.29. The number of hydrazine groups is 1. The van der Waals surface area contributed by atoms with Gasteiger partial charge >= 0.3 is 0 Å². The first kappa shape index (κ1) is 14.9. The van der Waals surface area contributed by atoms with Crippen LogP contribution < -0.4 is 11.3 Å². The summed E-state index contributed by atoms with van der Waals surface area (Å²) in [5.74, 6) is 5.79. The smallest absolute Gasteiger partial charge is 0.0418 e. The van der Waals surface area contributed by atoms with E-state index in [4.69, 9.17) is 5.84 Å². The minimum atomic E-state index is 0.266. The van der Waals surface area contributed by atoms with Gasteiger partial charge in [-0.15, -0.1) is 0 Å². The van der Waals surface area contributed by atoms with Crippen LogP contribution in [0, 0.1) is 0 Å². The van der Waals surface area contributed by atoms with Crippen LogP contribution in [0.2, 0.25) is 0 Å². The van der Waals surface area contributed by atoms with E-state index in [0.29, 0.717) is 6.04 Å². The van der Waals surface area contributed by atoms with E-state index in [-0.39, 0.29) is 6.04 Å². The molecule has 0 aliphatic carbocycles. The van der Waals surface area contributed by atoms with Gasteiger partial charge in [-0.25, -0.2) is 0 Å². The summed E-state index contributed by atoms with van der Waals surface area (Å²) in [5, 5.41) is 0. The fraction of sp³-hybridized carbons (Fsp3) is 0.571. The molecule has 0 spiro atoms. The molecule has 0 bridgehead atoms. The fourth-order valence-electron chi connectivity index (χ4n) is 2.70. The molecule has 2 unspecified atom stereocenters. The lowest BCUT2D eigenvalue weighted by Gasteiger charge is -2.41. The second kappa shape index (κ2) is 6.81. The maximum atomic E-state index is 5.79. The van der Waals surface area contributed by atoms with Gasteiger partial charge in [0.1, 0.15) is 0 Å². The molecule has 1 aliphatic heterocycles. The van der Waals surface area contributed by atoms with Crippen LogP contribution in [0.5, 0.6) is 0 Å². The second-order valence-corrected chi connectivity index (χ2v) is 6.33. The predicted molar refractivity (Wildman–Crippen MR) is 82.9 cm³/mol. The Morgan fingerprint density at radius 3 is 2.89 bits per heavy atom. The molecule has 106 valence electrons. The minimum Gasteiger partial charge on any atom is -0.303 e. The molecule has 1 saturated heterocycles. The van der Waals surface area contributed by atoms with Crippen molar-refractivity contribution in [2.24, 2.45) is 5.84 Å². The molecular formula is C14H23BrN4. The molecule has 1 fully saturated rings. The van der Waals surface area contributed by atoms with Crippen molar-refractivity contribution < 1.29 is 0 Å². The Balaban J connectivity index is 2.06. The number of piperazine rings is 1. The van der Waals surface area contributed by atoms with E-state index in [1.807, 2.05) is 0 Å². The van der Waals surface area contributed by atoms with Crippen molar-refractivity contribution in [3.63, 3.8) is 0 Å². The third-order valence-electron chi connectivity index (χ3n) is 3.92. The molecule has 2 rings (SSSR count). The van der Waals surface area contributed by atoms with E-state index < -0.39 is 0 Å². The van der Waals surface area contributed by atoms with Gasteiger partial charge in [0.25, 0.3) is 0 Å². The van der Waals surface area contributed by atoms with Crippen LogP contribution >= 0.6 is 15.9 Å². The van der Waals surface area contributed by atoms with E-state index in [2.05, 4.69) is 69.5 Å². The third kappa shape index (κ3) is 4.00. The van der Waals surface area contributed by atoms with Crippen LogP contribution in [0.15, 0.2) is 28.7 Å². The summed E-state index contributed by atoms with van der Waals surface area (Å²) in [7, 11) is 4.36. The van der Waals surface area contributed by atoms with Crippen LogP contribution in [0.3, 0.4) is 0 Å². The van der Waals surface area contributed by atoms with Crippen LogP contribution in [-0.2, 0) is 6.42 Å². The Kier molecular flexibility index (Phi) is 5.36. The van der Waals surface area contributed by atoms with E-state index in [1.165, 1.54) is 5.56 Å². The number of hydrogen-bond acceptors (Lipinski definition) is 4. The molecule has 4 nitrogen and oxygen atoms in total. The van der Waals surface area contributed by atoms with Crippen molar-refractivity contribution in [2.45, 2.75) is 18.5 Å². The van der Waals surface area contributed by atoms with Crippen molar-refractivity contribution >= 4 is 15.9 Å². The lowest BCUT2D eigenvalue weighted by Crippen LogP contribution is -2.60. The Labute approximate surface area is 124 Å². The quantitative estimate of drug-likeness (QED) is 0.641. The van der Waals surface area contributed by atoms with Crippen LogP contribution in [-0.4, -0.2) is 55.6 Å². The number of halogens is 1. The molecule has 5 heteroatoms. The van der Waals surface area contributed by atoms with Gasteiger partial charge in [0.2, 0.25) is 0 Å². The molecule has 1 aromatic carbocycles. The highest BCUT2D eigenvalue weighted by Crippen LogP contribution is 2.17. The Morgan fingerprint density at radius 2 is 2.21 bits per heavy atom. The summed E-state index contributed by atoms with van der Waals surface area (Å²) in [6.07, 6.45) is 0.943. The topological polar surface area (TPSA) is 44.5 Å². The van der Waals surface area contributed by atoms with Crippen molar-refractivity contribution in [1.29, 1.82) is 0 Å². The van der Waals surface area contributed by atoms with Crippen LogP contribution in [0.4, 0.5) is 0 Å². The van der Waals surface area contributed by atoms with Crippen molar-refractivity contribution in [2.75, 3.05) is 33.7 Å². The van der Waals surface area contributed by atoms with Gasteiger partial charge in [-0.1, -0.05) is 28.1 Å². The molecule has 0 aromatic heterocycles. The molecular weight excluding hydrogens is 304 g/mol. The van der Waals surface area contributed by atoms with Gasteiger partial charge in [0.15, 0.2) is 0 Å². The minimum absolute atomic E-state index is 0.266. The molecule has 1 heterocycles. The van der Waals surface area contributed by atoms with Gasteiger partial charge in [-0.3, -0.25) is 16.2 Å². The maximum absolute atomic E-state index is 5.79. The maximum Gasteiger partial charge on any atom is 0.0418 e. The van der Waals surface area contributed by atoms with Crippen molar-refractivity contribution in [1.82, 2.24) is 15.2 Å². The van der Waals surface area contributed by atoms with Gasteiger partial charge in [-0.2, -0.15) is 0 Å². The third-order valence-corrected chi connectivity index (χ3v) is 4.42. The average molecular weight is 327 g/mol. The zero-order chi connectivity index (χ0) is 13.8. The molecule has 2 atom stereocenters. The standard InChI is InChI=1S/C14H23BrN4/c1-18-6-7-19(2)14(10-18)13(17-16)9-11-4-3-5-12(15)8-11/h3-5,8,13-14,17H,6-7,9-10,16H2,1-2H3. The Bertz CT molecular complexity index is 412. The Morgan fingerprint density at radius 1 is 1.42 bits per heavy atom. The first-order valence-electron chi connectivity index (χ1n) is 6.69. The molecule has 0 saturated carbocycles. The number of hydrogen-bond donors (Lipinski definition) is 2. The second-order valence-electron chi connectivity index (χ2n) is 5.42. The number of likely N-dealkylation sites (N-methyl/N-ethyl adjacent to an activating group) is 2. The summed E-state index contributed by atoms with van der Waals surface area (Å²) < 4.78 is 1.12. The van der Waals surface area contributed by atoms with E-state index in [9.17, 15) is 0 Å². The highest BCUT2D eigenvalue weighted by atomic mass is 79.9. The lowest BCUT2D eigenvalue weighted by atomic mass is 9.97. The number of nitrogens with two attached hydrogens (primary N) is 1. The Hall–Kier alpha value is -0.460. The molecule has 1 aliphatic rings. The normalized spacial score (nSPS) is 23.5. The summed E-state index contributed by atoms with van der Waals surface area (Å²) >= 11 is 3.52. The van der Waals surface area contributed by atoms with Gasteiger partial charge in [0.05, 0.1) is 0 Å². The van der Waals surface area contributed by atoms with E-state index in [0.717, 1.165) is 30.5 Å². The number of rotatable bonds is 4. The molecule has 19 heavy (non-hydrogen) atoms. The van der Waals surface area contributed by atoms with Crippen molar-refractivity contribution in [3.8, 4) is 0 Å². The number of benzene rings is 1. The fourth-order valence-corrected chi connectivity index (χ4v) is 3.15. The number of nitrogens with one attached hydrogen (secondary N) is 1. The summed E-state index contributed by atoms with van der Waals surface area (Å²) in [6, 6.07) is 9.15. The molecule has 0 amide bonds. The first-order valence-corrected chi connectivity index (χ1v) is 7.49.